The van der Waals surface area contributed by atoms with Crippen molar-refractivity contribution in [1.29, 1.82) is 0 Å². The molecule has 12 nitrogen and oxygen atoms in total. The third-order valence-corrected chi connectivity index (χ3v) is 18.1. The number of nitrogens with one attached hydrogen (secondary N) is 2. The fraction of sp³-hybridized carbons (Fsp3) is 0.192. The number of sulfone groups is 3. The lowest BCUT2D eigenvalue weighted by Crippen LogP contribution is -2.20. The van der Waals surface area contributed by atoms with Crippen LogP contribution in [-0.2, 0) is 29.5 Å². The van der Waals surface area contributed by atoms with Gasteiger partial charge in [0.2, 0.25) is 21.1 Å². The van der Waals surface area contributed by atoms with Crippen molar-refractivity contribution >= 4 is 143 Å². The number of rotatable bonds is 8. The van der Waals surface area contributed by atoms with Crippen LogP contribution in [0.15, 0.2) is 87.5 Å². The first-order valence-corrected chi connectivity index (χ1v) is 22.2. The van der Waals surface area contributed by atoms with Gasteiger partial charge in [0.05, 0.1) is 20.2 Å². The van der Waals surface area contributed by atoms with Crippen LogP contribution in [0.3, 0.4) is 0 Å². The van der Waals surface area contributed by atoms with Crippen LogP contribution < -0.4 is 10.6 Å². The second-order valence-electron chi connectivity index (χ2n) is 8.53. The fourth-order valence-electron chi connectivity index (χ4n) is 3.03. The molecule has 0 unspecified atom stereocenters. The van der Waals surface area contributed by atoms with Crippen LogP contribution in [0.4, 0.5) is 0 Å². The molecule has 3 aromatic carbocycles. The number of aromatic carboxylic acids is 1. The summed E-state index contributed by atoms with van der Waals surface area (Å²) >= 11 is 17.6. The van der Waals surface area contributed by atoms with Crippen LogP contribution >= 0.6 is 95.6 Å². The van der Waals surface area contributed by atoms with Crippen molar-refractivity contribution in [1.82, 2.24) is 10.6 Å². The molecule has 3 N–H and O–H groups in total. The lowest BCUT2D eigenvalue weighted by molar-refractivity contribution is 0.0696. The van der Waals surface area contributed by atoms with E-state index in [2.05, 4.69) is 106 Å². The Bertz CT molecular complexity index is 1930. The summed E-state index contributed by atoms with van der Waals surface area (Å²) in [5.41, 5.74) is 0.557. The van der Waals surface area contributed by atoms with E-state index in [0.29, 0.717) is 5.56 Å². The first-order chi connectivity index (χ1) is 21.6. The zero-order valence-electron chi connectivity index (χ0n) is 23.8. The summed E-state index contributed by atoms with van der Waals surface area (Å²) in [6.07, 6.45) is 0. The maximum absolute atomic E-state index is 12.0. The number of carboxylic acid groups (broad SMARTS) is 1. The largest absolute Gasteiger partial charge is 0.478 e. The number of carbonyl (C=O) groups excluding carboxylic acids is 2. The minimum atomic E-state index is -3.67. The first-order valence-electron chi connectivity index (χ1n) is 12.2. The molecule has 258 valence electrons. The second-order valence-corrected chi connectivity index (χ2v) is 28.5. The maximum atomic E-state index is 12.0. The molecule has 0 aliphatic heterocycles. The zero-order valence-corrected chi connectivity index (χ0v) is 35.8. The Morgan fingerprint density at radius 2 is 1.09 bits per heavy atom. The summed E-state index contributed by atoms with van der Waals surface area (Å²) in [6, 6.07) is 16.9. The third-order valence-electron chi connectivity index (χ3n) is 5.41. The summed E-state index contributed by atoms with van der Waals surface area (Å²) in [6.45, 7) is 0. The van der Waals surface area contributed by atoms with Gasteiger partial charge in [-0.2, -0.15) is 0 Å². The van der Waals surface area contributed by atoms with Gasteiger partial charge in [-0.05, 0) is 102 Å². The summed E-state index contributed by atoms with van der Waals surface area (Å²) in [7, 11) is -7.59. The Kier molecular flexibility index (Phi) is 17.4. The molecule has 0 aliphatic rings. The Balaban J connectivity index is 0.000000354. The van der Waals surface area contributed by atoms with Gasteiger partial charge in [0.25, 0.3) is 11.8 Å². The highest BCUT2D eigenvalue weighted by atomic mass is 80.0. The third kappa shape index (κ3) is 12.6. The molecular weight excluding hydrogens is 1080 g/mol. The number of alkyl halides is 6. The molecule has 3 rings (SSSR count). The fourth-order valence-corrected chi connectivity index (χ4v) is 9.09. The van der Waals surface area contributed by atoms with Crippen LogP contribution in [0.1, 0.15) is 31.1 Å². The summed E-state index contributed by atoms with van der Waals surface area (Å²) in [5, 5.41) is 13.5. The molecule has 0 bridgehead atoms. The van der Waals surface area contributed by atoms with Crippen molar-refractivity contribution in [2.75, 3.05) is 18.8 Å². The Hall–Kier alpha value is -1.20. The predicted molar refractivity (Wildman–Crippen MR) is 200 cm³/mol. The number of carbonyl (C=O) groups is 3. The van der Waals surface area contributed by atoms with Crippen LogP contribution in [0.5, 0.6) is 0 Å². The molecule has 0 fully saturated rings. The van der Waals surface area contributed by atoms with Gasteiger partial charge in [-0.1, -0.05) is 66.0 Å². The number of halogens is 6. The van der Waals surface area contributed by atoms with Crippen LogP contribution in [0.2, 0.25) is 0 Å². The minimum absolute atomic E-state index is 0.00859. The highest BCUT2D eigenvalue weighted by Gasteiger charge is 2.37. The number of benzene rings is 3. The van der Waals surface area contributed by atoms with Gasteiger partial charge in [0, 0.05) is 25.2 Å². The van der Waals surface area contributed by atoms with E-state index in [4.69, 9.17) is 5.11 Å². The van der Waals surface area contributed by atoms with E-state index >= 15 is 0 Å². The summed E-state index contributed by atoms with van der Waals surface area (Å²) < 4.78 is 67.8. The van der Waals surface area contributed by atoms with Gasteiger partial charge >= 0.3 is 5.97 Å². The van der Waals surface area contributed by atoms with E-state index in [-0.39, 0.29) is 42.3 Å². The summed E-state index contributed by atoms with van der Waals surface area (Å²) in [4.78, 5) is 33.4. The normalized spacial score (nSPS) is 11.7. The molecule has 47 heavy (non-hydrogen) atoms. The predicted octanol–water partition coefficient (Wildman–Crippen LogP) is 6.02. The van der Waals surface area contributed by atoms with Gasteiger partial charge < -0.3 is 15.7 Å². The lowest BCUT2D eigenvalue weighted by atomic mass is 10.2. The number of hydrogen-bond acceptors (Lipinski definition) is 9. The Morgan fingerprint density at radius 3 is 1.47 bits per heavy atom. The molecule has 0 radical (unpaired) electrons. The highest BCUT2D eigenvalue weighted by Crippen LogP contribution is 2.43. The molecule has 0 spiro atoms. The van der Waals surface area contributed by atoms with Gasteiger partial charge in [-0.25, -0.2) is 30.0 Å². The van der Waals surface area contributed by atoms with Crippen molar-refractivity contribution in [3.8, 4) is 0 Å². The number of amides is 2. The molecule has 0 aromatic heterocycles. The van der Waals surface area contributed by atoms with E-state index in [0.717, 1.165) is 6.07 Å². The lowest BCUT2D eigenvalue weighted by Gasteiger charge is -2.14. The minimum Gasteiger partial charge on any atom is -0.478 e. The molecule has 0 atom stereocenters. The van der Waals surface area contributed by atoms with Crippen LogP contribution in [0, 0.1) is 0 Å². The van der Waals surface area contributed by atoms with Crippen molar-refractivity contribution < 1.29 is 44.7 Å². The molecule has 0 heterocycles. The number of carboxylic acids is 1. The quantitative estimate of drug-likeness (QED) is 0.225. The van der Waals surface area contributed by atoms with E-state index < -0.39 is 40.0 Å². The van der Waals surface area contributed by atoms with Gasteiger partial charge in [-0.3, -0.25) is 9.59 Å². The highest BCUT2D eigenvalue weighted by molar-refractivity contribution is 9.42. The first kappa shape index (κ1) is 43.8. The Labute approximate surface area is 322 Å². The maximum Gasteiger partial charge on any atom is 0.335 e. The Morgan fingerprint density at radius 1 is 0.702 bits per heavy atom. The average molecular weight is 1100 g/mol. The van der Waals surface area contributed by atoms with Crippen molar-refractivity contribution in [3.05, 3.63) is 89.5 Å². The van der Waals surface area contributed by atoms with E-state index in [1.54, 1.807) is 6.07 Å². The summed E-state index contributed by atoms with van der Waals surface area (Å²) in [5.74, 6) is -1.80. The van der Waals surface area contributed by atoms with Gasteiger partial charge in [0.1, 0.15) is 4.66 Å². The van der Waals surface area contributed by atoms with Crippen LogP contribution in [-0.4, -0.2) is 71.4 Å². The van der Waals surface area contributed by atoms with E-state index in [9.17, 15) is 39.6 Å². The van der Waals surface area contributed by atoms with Crippen LogP contribution in [0.25, 0.3) is 0 Å². The van der Waals surface area contributed by atoms with E-state index in [1.165, 1.54) is 74.8 Å². The zero-order chi connectivity index (χ0) is 36.4. The second kappa shape index (κ2) is 18.7. The van der Waals surface area contributed by atoms with Crippen molar-refractivity contribution in [2.45, 2.75) is 19.2 Å². The monoisotopic (exact) mass is 1090 g/mol. The molecule has 3 aromatic rings. The average Bonchev–Trinajstić information content (AvgIpc) is 3.04. The topological polar surface area (TPSA) is 198 Å². The standard InChI is InChI=1S/C9H8Br3NO3S.C9H9Br2NO3S.C8H7BrO4S/c1-13-8(14)6-3-2-4-7(5-6)17(15,16)9(10,11)12;1-12-8(13)6-3-2-4-7(5-6)16(14,15)9(10)11;9-5-14(12,13)7-3-1-2-6(4-7)8(10)11/h2-5H,1H3,(H,13,14);2-5,9H,1H3,(H,12,13);1-4H,5H2,(H,10,11). The molecule has 21 heteroatoms. The van der Waals surface area contributed by atoms with Gasteiger partial charge in [0.15, 0.2) is 12.9 Å². The van der Waals surface area contributed by atoms with E-state index in [1.807, 2.05) is 0 Å². The molecule has 0 saturated carbocycles. The molecule has 2 amide bonds. The molecule has 0 saturated heterocycles. The molecular formula is C26H24Br6N2O10S3. The SMILES string of the molecule is CNC(=O)c1cccc(S(=O)(=O)C(Br)(Br)Br)c1.CNC(=O)c1cccc(S(=O)(=O)C(Br)Br)c1.O=C(O)c1cccc(S(=O)(=O)CBr)c1. The molecule has 0 aliphatic carbocycles. The van der Waals surface area contributed by atoms with Crippen molar-refractivity contribution in [3.63, 3.8) is 0 Å². The van der Waals surface area contributed by atoms with Crippen molar-refractivity contribution in [2.24, 2.45) is 0 Å². The number of hydrogen-bond donors (Lipinski definition) is 3. The van der Waals surface area contributed by atoms with Gasteiger partial charge in [-0.15, -0.1) is 0 Å². The smallest absolute Gasteiger partial charge is 0.335 e.